The fourth-order valence-corrected chi connectivity index (χ4v) is 5.10. The van der Waals surface area contributed by atoms with Crippen LogP contribution in [-0.2, 0) is 20.7 Å². The number of hydrogen-bond acceptors (Lipinski definition) is 4. The molecule has 2 heterocycles. The summed E-state index contributed by atoms with van der Waals surface area (Å²) < 4.78 is 5.40. The van der Waals surface area contributed by atoms with E-state index in [-0.39, 0.29) is 29.2 Å². The fourth-order valence-electron chi connectivity index (χ4n) is 5.10. The predicted molar refractivity (Wildman–Crippen MR) is 116 cm³/mol. The van der Waals surface area contributed by atoms with E-state index >= 15 is 0 Å². The molecule has 2 aliphatic heterocycles. The number of nitrogens with one attached hydrogen (secondary N) is 1. The van der Waals surface area contributed by atoms with E-state index in [9.17, 15) is 9.59 Å². The van der Waals surface area contributed by atoms with Gasteiger partial charge >= 0.3 is 0 Å². The van der Waals surface area contributed by atoms with Crippen LogP contribution in [0.25, 0.3) is 0 Å². The van der Waals surface area contributed by atoms with Gasteiger partial charge in [0.25, 0.3) is 0 Å². The summed E-state index contributed by atoms with van der Waals surface area (Å²) in [6, 6.07) is 10.3. The van der Waals surface area contributed by atoms with Crippen molar-refractivity contribution in [3.63, 3.8) is 0 Å². The summed E-state index contributed by atoms with van der Waals surface area (Å²) in [5.74, 6) is 0.585. The third-order valence-electron chi connectivity index (χ3n) is 7.31. The van der Waals surface area contributed by atoms with Gasteiger partial charge in [-0.25, -0.2) is 0 Å². The Kier molecular flexibility index (Phi) is 6.74. The van der Waals surface area contributed by atoms with Gasteiger partial charge in [-0.05, 0) is 50.0 Å². The Morgan fingerprint density at radius 3 is 2.53 bits per heavy atom. The highest BCUT2D eigenvalue weighted by Crippen LogP contribution is 2.59. The number of ether oxygens (including phenoxy) is 1. The van der Waals surface area contributed by atoms with E-state index in [0.717, 1.165) is 64.8 Å². The molecule has 1 spiro atoms. The molecule has 1 aromatic rings. The van der Waals surface area contributed by atoms with E-state index in [1.54, 1.807) is 0 Å². The van der Waals surface area contributed by atoms with Crippen molar-refractivity contribution in [2.24, 2.45) is 11.3 Å². The number of aryl methyl sites for hydroxylation is 1. The number of piperidine rings is 1. The highest BCUT2D eigenvalue weighted by Gasteiger charge is 2.58. The molecule has 2 atom stereocenters. The van der Waals surface area contributed by atoms with Gasteiger partial charge < -0.3 is 15.0 Å². The largest absolute Gasteiger partial charge is 0.379 e. The van der Waals surface area contributed by atoms with Crippen molar-refractivity contribution in [2.45, 2.75) is 45.1 Å². The van der Waals surface area contributed by atoms with Crippen LogP contribution in [0.4, 0.5) is 0 Å². The lowest BCUT2D eigenvalue weighted by Gasteiger charge is -2.38. The number of benzene rings is 1. The molecular formula is C24H35N3O3. The second kappa shape index (κ2) is 9.48. The zero-order chi connectivity index (χ0) is 21.0. The number of morpholine rings is 1. The van der Waals surface area contributed by atoms with Crippen molar-refractivity contribution in [3.8, 4) is 0 Å². The third-order valence-corrected chi connectivity index (χ3v) is 7.31. The van der Waals surface area contributed by atoms with Crippen LogP contribution in [0.3, 0.4) is 0 Å². The lowest BCUT2D eigenvalue weighted by Crippen LogP contribution is -2.52. The average molecular weight is 414 g/mol. The molecule has 0 bridgehead atoms. The zero-order valence-corrected chi connectivity index (χ0v) is 18.1. The van der Waals surface area contributed by atoms with Crippen molar-refractivity contribution >= 4 is 11.8 Å². The molecule has 6 heteroatoms. The molecular weight excluding hydrogens is 378 g/mol. The quantitative estimate of drug-likeness (QED) is 0.696. The Labute approximate surface area is 179 Å². The Balaban J connectivity index is 1.17. The summed E-state index contributed by atoms with van der Waals surface area (Å²) in [4.78, 5) is 29.7. The van der Waals surface area contributed by atoms with Crippen molar-refractivity contribution in [2.75, 3.05) is 45.9 Å². The number of carbonyl (C=O) groups is 2. The molecule has 1 saturated carbocycles. The number of likely N-dealkylation sites (tertiary alicyclic amines) is 1. The second-order valence-electron chi connectivity index (χ2n) is 9.15. The minimum Gasteiger partial charge on any atom is -0.379 e. The van der Waals surface area contributed by atoms with Crippen LogP contribution in [0.2, 0.25) is 0 Å². The van der Waals surface area contributed by atoms with Crippen molar-refractivity contribution in [1.82, 2.24) is 15.1 Å². The Hall–Kier alpha value is -1.92. The maximum Gasteiger partial charge on any atom is 0.239 e. The van der Waals surface area contributed by atoms with Gasteiger partial charge in [0.15, 0.2) is 0 Å². The molecule has 4 rings (SSSR count). The maximum atomic E-state index is 12.9. The first-order chi connectivity index (χ1) is 14.6. The summed E-state index contributed by atoms with van der Waals surface area (Å²) in [5.41, 5.74) is 1.46. The molecule has 1 N–H and O–H groups in total. The fraction of sp³-hybridized carbons (Fsp3) is 0.667. The van der Waals surface area contributed by atoms with Gasteiger partial charge in [0.1, 0.15) is 0 Å². The van der Waals surface area contributed by atoms with Crippen LogP contribution < -0.4 is 5.32 Å². The second-order valence-corrected chi connectivity index (χ2v) is 9.15. The van der Waals surface area contributed by atoms with Crippen LogP contribution in [0, 0.1) is 11.3 Å². The van der Waals surface area contributed by atoms with Gasteiger partial charge in [0.05, 0.1) is 19.3 Å². The molecule has 164 valence electrons. The summed E-state index contributed by atoms with van der Waals surface area (Å²) in [7, 11) is 0. The van der Waals surface area contributed by atoms with Crippen LogP contribution in [-0.4, -0.2) is 73.6 Å². The molecule has 1 aliphatic carbocycles. The summed E-state index contributed by atoms with van der Waals surface area (Å²) in [6.07, 6.45) is 4.86. The summed E-state index contributed by atoms with van der Waals surface area (Å²) >= 11 is 0. The van der Waals surface area contributed by atoms with Crippen LogP contribution >= 0.6 is 0 Å². The molecule has 2 amide bonds. The number of nitrogens with zero attached hydrogens (tertiary/aromatic N) is 2. The molecule has 3 aliphatic rings. The maximum absolute atomic E-state index is 12.9. The van der Waals surface area contributed by atoms with E-state index in [0.29, 0.717) is 13.2 Å². The zero-order valence-electron chi connectivity index (χ0n) is 18.1. The van der Waals surface area contributed by atoms with Crippen LogP contribution in [0.1, 0.15) is 38.2 Å². The van der Waals surface area contributed by atoms with Crippen molar-refractivity contribution in [3.05, 3.63) is 35.9 Å². The normalized spacial score (nSPS) is 24.4. The molecule has 2 saturated heterocycles. The van der Waals surface area contributed by atoms with Crippen molar-refractivity contribution < 1.29 is 14.3 Å². The van der Waals surface area contributed by atoms with Gasteiger partial charge in [-0.2, -0.15) is 0 Å². The first-order valence-corrected chi connectivity index (χ1v) is 11.5. The average Bonchev–Trinajstić information content (AvgIpc) is 3.50. The lowest BCUT2D eigenvalue weighted by atomic mass is 9.90. The smallest absolute Gasteiger partial charge is 0.239 e. The Morgan fingerprint density at radius 2 is 1.83 bits per heavy atom. The molecule has 1 aromatic carbocycles. The lowest BCUT2D eigenvalue weighted by molar-refractivity contribution is -0.139. The minimum absolute atomic E-state index is 0.0779. The van der Waals surface area contributed by atoms with Crippen LogP contribution in [0.5, 0.6) is 0 Å². The van der Waals surface area contributed by atoms with E-state index in [4.69, 9.17) is 4.74 Å². The first kappa shape index (κ1) is 21.3. The van der Waals surface area contributed by atoms with Gasteiger partial charge in [-0.3, -0.25) is 14.5 Å². The van der Waals surface area contributed by atoms with Crippen molar-refractivity contribution in [1.29, 1.82) is 0 Å². The summed E-state index contributed by atoms with van der Waals surface area (Å²) in [5, 5.41) is 3.14. The van der Waals surface area contributed by atoms with Gasteiger partial charge in [-0.15, -0.1) is 0 Å². The SMILES string of the molecule is CC(C(=O)N1CCC2(CC1)CC2C(=O)NCCCc1ccccc1)N1CCOCC1. The monoisotopic (exact) mass is 413 g/mol. The number of amides is 2. The highest BCUT2D eigenvalue weighted by atomic mass is 16.5. The molecule has 6 nitrogen and oxygen atoms in total. The molecule has 2 unspecified atom stereocenters. The van der Waals surface area contributed by atoms with E-state index in [1.807, 2.05) is 17.9 Å². The minimum atomic E-state index is -0.0779. The standard InChI is InChI=1S/C24H35N3O3/c1-19(26-14-16-30-17-15-26)23(29)27-12-9-24(10-13-27)18-21(24)22(28)25-11-5-8-20-6-3-2-4-7-20/h2-4,6-7,19,21H,5,8-18H2,1H3,(H,25,28). The molecule has 0 radical (unpaired) electrons. The number of carbonyl (C=O) groups excluding carboxylic acids is 2. The van der Waals surface area contributed by atoms with Crippen LogP contribution in [0.15, 0.2) is 30.3 Å². The van der Waals surface area contributed by atoms with Gasteiger partial charge in [0, 0.05) is 38.6 Å². The first-order valence-electron chi connectivity index (χ1n) is 11.5. The van der Waals surface area contributed by atoms with Gasteiger partial charge in [0.2, 0.25) is 11.8 Å². The number of hydrogen-bond donors (Lipinski definition) is 1. The molecule has 0 aromatic heterocycles. The van der Waals surface area contributed by atoms with E-state index in [2.05, 4.69) is 34.5 Å². The van der Waals surface area contributed by atoms with E-state index in [1.165, 1.54) is 5.56 Å². The number of rotatable bonds is 7. The third kappa shape index (κ3) is 4.86. The Morgan fingerprint density at radius 1 is 1.13 bits per heavy atom. The summed E-state index contributed by atoms with van der Waals surface area (Å²) in [6.45, 7) is 7.40. The Bertz CT molecular complexity index is 724. The van der Waals surface area contributed by atoms with E-state index < -0.39 is 0 Å². The van der Waals surface area contributed by atoms with Gasteiger partial charge in [-0.1, -0.05) is 30.3 Å². The molecule has 30 heavy (non-hydrogen) atoms. The predicted octanol–water partition coefficient (Wildman–Crippen LogP) is 2.08. The topological polar surface area (TPSA) is 61.9 Å². The highest BCUT2D eigenvalue weighted by molar-refractivity contribution is 5.83. The molecule has 3 fully saturated rings.